The molecule has 0 saturated heterocycles. The maximum atomic E-state index is 13.0. The lowest BCUT2D eigenvalue weighted by Crippen LogP contribution is -2.42. The van der Waals surface area contributed by atoms with E-state index in [1.165, 1.54) is 0 Å². The second kappa shape index (κ2) is 7.60. The molecule has 0 saturated carbocycles. The summed E-state index contributed by atoms with van der Waals surface area (Å²) in [7, 11) is 1.60. The maximum Gasteiger partial charge on any atom is 0.255 e. The fourth-order valence-corrected chi connectivity index (χ4v) is 3.26. The zero-order valence-corrected chi connectivity index (χ0v) is 15.4. The molecule has 2 aromatic carbocycles. The molecule has 0 spiro atoms. The number of rotatable bonds is 6. The van der Waals surface area contributed by atoms with E-state index in [9.17, 15) is 9.59 Å². The van der Waals surface area contributed by atoms with Gasteiger partial charge in [-0.05, 0) is 31.0 Å². The highest BCUT2D eigenvalue weighted by molar-refractivity contribution is 6.04. The highest BCUT2D eigenvalue weighted by atomic mass is 16.5. The van der Waals surface area contributed by atoms with E-state index in [-0.39, 0.29) is 17.9 Å². The van der Waals surface area contributed by atoms with Crippen molar-refractivity contribution in [1.29, 1.82) is 0 Å². The second-order valence-electron chi connectivity index (χ2n) is 6.55. The van der Waals surface area contributed by atoms with Gasteiger partial charge in [0.1, 0.15) is 11.8 Å². The van der Waals surface area contributed by atoms with Crippen LogP contribution in [-0.4, -0.2) is 29.9 Å². The zero-order chi connectivity index (χ0) is 18.7. The predicted octanol–water partition coefficient (Wildman–Crippen LogP) is 3.31. The van der Waals surface area contributed by atoms with Crippen molar-refractivity contribution in [2.45, 2.75) is 38.9 Å². The summed E-state index contributed by atoms with van der Waals surface area (Å²) < 4.78 is 5.41. The number of methoxy groups -OCH3 is 1. The number of nitrogens with zero attached hydrogens (tertiary/aromatic N) is 1. The minimum Gasteiger partial charge on any atom is -0.496 e. The van der Waals surface area contributed by atoms with E-state index in [2.05, 4.69) is 5.32 Å². The Morgan fingerprint density at radius 2 is 1.88 bits per heavy atom. The van der Waals surface area contributed by atoms with E-state index >= 15 is 0 Å². The summed E-state index contributed by atoms with van der Waals surface area (Å²) in [6.45, 7) is 4.30. The first kappa shape index (κ1) is 18.0. The van der Waals surface area contributed by atoms with Crippen molar-refractivity contribution in [2.24, 2.45) is 0 Å². The van der Waals surface area contributed by atoms with Gasteiger partial charge < -0.3 is 15.0 Å². The summed E-state index contributed by atoms with van der Waals surface area (Å²) >= 11 is 0. The number of hydrogen-bond acceptors (Lipinski definition) is 3. The number of nitrogens with one attached hydrogen (secondary N) is 1. The average Bonchev–Trinajstić information content (AvgIpc) is 2.94. The third-order valence-corrected chi connectivity index (χ3v) is 4.84. The highest BCUT2D eigenvalue weighted by Crippen LogP contribution is 2.36. The normalized spacial score (nSPS) is 17.0. The lowest BCUT2D eigenvalue weighted by atomic mass is 10.0. The number of benzene rings is 2. The topological polar surface area (TPSA) is 58.6 Å². The Kier molecular flexibility index (Phi) is 5.26. The van der Waals surface area contributed by atoms with Crippen LogP contribution < -0.4 is 10.1 Å². The van der Waals surface area contributed by atoms with Crippen molar-refractivity contribution in [2.75, 3.05) is 7.11 Å². The van der Waals surface area contributed by atoms with Crippen molar-refractivity contribution >= 4 is 11.8 Å². The lowest BCUT2D eigenvalue weighted by molar-refractivity contribution is -0.126. The van der Waals surface area contributed by atoms with Crippen LogP contribution in [0, 0.1) is 0 Å². The first-order valence-corrected chi connectivity index (χ1v) is 8.89. The molecule has 1 aliphatic rings. The Bertz CT molecular complexity index is 818. The van der Waals surface area contributed by atoms with Gasteiger partial charge in [-0.15, -0.1) is 0 Å². The number of carbonyl (C=O) groups is 2. The summed E-state index contributed by atoms with van der Waals surface area (Å²) in [6.07, 6.45) is 0.834. The first-order chi connectivity index (χ1) is 12.6. The summed E-state index contributed by atoms with van der Waals surface area (Å²) in [4.78, 5) is 27.5. The molecule has 5 heteroatoms. The third-order valence-electron chi connectivity index (χ3n) is 4.84. The summed E-state index contributed by atoms with van der Waals surface area (Å²) in [5, 5.41) is 3.01. The number of ether oxygens (including phenoxy) is 1. The number of amides is 2. The summed E-state index contributed by atoms with van der Waals surface area (Å²) in [5.41, 5.74) is 2.22. The number of carbonyl (C=O) groups excluding carboxylic acids is 2. The van der Waals surface area contributed by atoms with Gasteiger partial charge in [-0.2, -0.15) is 0 Å². The fraction of sp³-hybridized carbons (Fsp3) is 0.333. The van der Waals surface area contributed by atoms with E-state index in [0.717, 1.165) is 17.5 Å². The van der Waals surface area contributed by atoms with Crippen molar-refractivity contribution in [1.82, 2.24) is 10.2 Å². The molecule has 0 aromatic heterocycles. The molecule has 3 rings (SSSR count). The zero-order valence-electron chi connectivity index (χ0n) is 15.4. The van der Waals surface area contributed by atoms with Crippen LogP contribution in [0.2, 0.25) is 0 Å². The largest absolute Gasteiger partial charge is 0.496 e. The molecule has 2 aromatic rings. The van der Waals surface area contributed by atoms with Crippen molar-refractivity contribution in [3.8, 4) is 5.75 Å². The molecule has 1 N–H and O–H groups in total. The van der Waals surface area contributed by atoms with Gasteiger partial charge in [-0.3, -0.25) is 9.59 Å². The molecule has 0 fully saturated rings. The smallest absolute Gasteiger partial charge is 0.255 e. The molecule has 1 heterocycles. The van der Waals surface area contributed by atoms with Gasteiger partial charge in [0.05, 0.1) is 13.7 Å². The van der Waals surface area contributed by atoms with E-state index in [1.807, 2.05) is 56.3 Å². The van der Waals surface area contributed by atoms with Crippen LogP contribution in [0.4, 0.5) is 0 Å². The minimum absolute atomic E-state index is 0.0541. The van der Waals surface area contributed by atoms with E-state index in [1.54, 1.807) is 18.1 Å². The fourth-order valence-electron chi connectivity index (χ4n) is 3.26. The van der Waals surface area contributed by atoms with Gasteiger partial charge in [0.2, 0.25) is 5.91 Å². The Balaban J connectivity index is 1.96. The third kappa shape index (κ3) is 3.29. The Morgan fingerprint density at radius 1 is 1.19 bits per heavy atom. The van der Waals surface area contributed by atoms with E-state index in [4.69, 9.17) is 4.74 Å². The SMILES string of the molecule is CC[C@H](C)NC(=O)[C@H]1c2ccccc2C(=O)N1Cc1ccccc1OC. The molecular weight excluding hydrogens is 328 g/mol. The molecule has 136 valence electrons. The van der Waals surface area contributed by atoms with Gasteiger partial charge in [0.25, 0.3) is 5.91 Å². The number of fused-ring (bicyclic) bond motifs is 1. The van der Waals surface area contributed by atoms with Crippen molar-refractivity contribution in [3.05, 3.63) is 65.2 Å². The molecule has 2 amide bonds. The molecule has 0 aliphatic carbocycles. The lowest BCUT2D eigenvalue weighted by Gasteiger charge is -2.26. The Hall–Kier alpha value is -2.82. The first-order valence-electron chi connectivity index (χ1n) is 8.89. The molecule has 1 aliphatic heterocycles. The quantitative estimate of drug-likeness (QED) is 0.868. The molecule has 0 unspecified atom stereocenters. The molecule has 2 atom stereocenters. The molecule has 5 nitrogen and oxygen atoms in total. The Morgan fingerprint density at radius 3 is 2.62 bits per heavy atom. The Labute approximate surface area is 154 Å². The van der Waals surface area contributed by atoms with Gasteiger partial charge in [-0.1, -0.05) is 43.3 Å². The van der Waals surface area contributed by atoms with Crippen LogP contribution in [0.3, 0.4) is 0 Å². The molecule has 0 bridgehead atoms. The highest BCUT2D eigenvalue weighted by Gasteiger charge is 2.41. The van der Waals surface area contributed by atoms with Crippen LogP contribution in [0.1, 0.15) is 47.8 Å². The number of hydrogen-bond donors (Lipinski definition) is 1. The van der Waals surface area contributed by atoms with Gasteiger partial charge in [0, 0.05) is 17.2 Å². The standard InChI is InChI=1S/C21H24N2O3/c1-4-14(2)22-20(24)19-16-10-6-7-11-17(16)21(25)23(19)13-15-9-5-8-12-18(15)26-3/h5-12,14,19H,4,13H2,1-3H3,(H,22,24)/t14-,19+/m0/s1. The van der Waals surface area contributed by atoms with Crippen LogP contribution in [-0.2, 0) is 11.3 Å². The number of para-hydroxylation sites is 1. The van der Waals surface area contributed by atoms with Crippen molar-refractivity contribution in [3.63, 3.8) is 0 Å². The van der Waals surface area contributed by atoms with E-state index < -0.39 is 6.04 Å². The predicted molar refractivity (Wildman–Crippen MR) is 99.9 cm³/mol. The molecule has 26 heavy (non-hydrogen) atoms. The maximum absolute atomic E-state index is 13.0. The van der Waals surface area contributed by atoms with E-state index in [0.29, 0.717) is 17.9 Å². The second-order valence-corrected chi connectivity index (χ2v) is 6.55. The average molecular weight is 352 g/mol. The summed E-state index contributed by atoms with van der Waals surface area (Å²) in [6, 6.07) is 14.3. The van der Waals surface area contributed by atoms with Crippen LogP contribution >= 0.6 is 0 Å². The van der Waals surface area contributed by atoms with Crippen LogP contribution in [0.25, 0.3) is 0 Å². The van der Waals surface area contributed by atoms with Gasteiger partial charge >= 0.3 is 0 Å². The molecule has 0 radical (unpaired) electrons. The molecular formula is C21H24N2O3. The van der Waals surface area contributed by atoms with Gasteiger partial charge in [0.15, 0.2) is 0 Å². The summed E-state index contributed by atoms with van der Waals surface area (Å²) in [5.74, 6) is 0.431. The monoisotopic (exact) mass is 352 g/mol. The minimum atomic E-state index is -0.627. The van der Waals surface area contributed by atoms with Crippen LogP contribution in [0.15, 0.2) is 48.5 Å². The van der Waals surface area contributed by atoms with Gasteiger partial charge in [-0.25, -0.2) is 0 Å². The van der Waals surface area contributed by atoms with Crippen LogP contribution in [0.5, 0.6) is 5.75 Å². The van der Waals surface area contributed by atoms with Crippen molar-refractivity contribution < 1.29 is 14.3 Å².